The summed E-state index contributed by atoms with van der Waals surface area (Å²) in [6.45, 7) is 2.26. The van der Waals surface area contributed by atoms with Gasteiger partial charge in [0.05, 0.1) is 19.4 Å². The fraction of sp³-hybridized carbons (Fsp3) is 0.304. The van der Waals surface area contributed by atoms with Gasteiger partial charge in [-0.05, 0) is 42.8 Å². The molecule has 2 aromatic carbocycles. The first-order valence-corrected chi connectivity index (χ1v) is 10.5. The Labute approximate surface area is 192 Å². The Morgan fingerprint density at radius 1 is 1.15 bits per heavy atom. The maximum Gasteiger partial charge on any atom is 0.293 e. The minimum Gasteiger partial charge on any atom is -0.495 e. The summed E-state index contributed by atoms with van der Waals surface area (Å²) in [4.78, 5) is 19.4. The number of amides is 1. The molecule has 0 spiro atoms. The summed E-state index contributed by atoms with van der Waals surface area (Å²) in [5.74, 6) is 0.453. The number of methoxy groups -OCH3 is 2. The number of likely N-dealkylation sites (N-methyl/N-ethyl adjacent to an activating group) is 1. The number of fused-ring (bicyclic) bond motifs is 1. The quantitative estimate of drug-likeness (QED) is 0.446. The van der Waals surface area contributed by atoms with Crippen LogP contribution >= 0.6 is 0 Å². The normalized spacial score (nSPS) is 13.2. The van der Waals surface area contributed by atoms with E-state index >= 15 is 0 Å². The smallest absolute Gasteiger partial charge is 0.293 e. The van der Waals surface area contributed by atoms with Crippen molar-refractivity contribution in [2.24, 2.45) is 0 Å². The third-order valence-corrected chi connectivity index (χ3v) is 5.44. The number of nitrogens with zero attached hydrogens (tertiary/aromatic N) is 4. The van der Waals surface area contributed by atoms with E-state index in [1.807, 2.05) is 36.4 Å². The number of carbonyl (C=O) groups excluding carboxylic acids is 1. The van der Waals surface area contributed by atoms with Gasteiger partial charge in [0.25, 0.3) is 5.91 Å². The molecule has 4 rings (SSSR count). The Bertz CT molecular complexity index is 1140. The molecule has 1 aromatic heterocycles. The topological polar surface area (TPSA) is 114 Å². The number of carbonyl (C=O) groups is 1. The molecule has 33 heavy (non-hydrogen) atoms. The number of hydrogen-bond acceptors (Lipinski definition) is 9. The molecule has 0 fully saturated rings. The van der Waals surface area contributed by atoms with Gasteiger partial charge >= 0.3 is 0 Å². The first-order valence-electron chi connectivity index (χ1n) is 10.5. The van der Waals surface area contributed by atoms with Crippen LogP contribution in [0.5, 0.6) is 5.75 Å². The molecular weight excluding hydrogens is 422 g/mol. The number of aromatic nitrogens is 3. The van der Waals surface area contributed by atoms with Crippen LogP contribution in [0.2, 0.25) is 0 Å². The standard InChI is InChI=1S/C23H27N7O3/c1-30-9-8-15-11-20(33-3)19(10-17(15)12-30)27-29-23(31)21-22(24-14-25-28-21)26-18-7-5-4-6-16(18)13-32-2/h4-7,10-11,14,27H,8-9,12-13H2,1-3H3,(H,29,31)(H,24,25,26). The molecule has 3 aromatic rings. The number of ether oxygens (including phenoxy) is 2. The highest BCUT2D eigenvalue weighted by atomic mass is 16.5. The molecule has 0 saturated carbocycles. The first-order chi connectivity index (χ1) is 16.1. The van der Waals surface area contributed by atoms with Crippen molar-refractivity contribution in [2.75, 3.05) is 38.6 Å². The number of rotatable bonds is 8. The summed E-state index contributed by atoms with van der Waals surface area (Å²) in [5, 5.41) is 10.9. The highest BCUT2D eigenvalue weighted by Gasteiger charge is 2.19. The lowest BCUT2D eigenvalue weighted by atomic mass is 9.99. The van der Waals surface area contributed by atoms with Gasteiger partial charge in [0, 0.05) is 31.5 Å². The van der Waals surface area contributed by atoms with Gasteiger partial charge in [0.15, 0.2) is 11.5 Å². The molecule has 1 aliphatic rings. The summed E-state index contributed by atoms with van der Waals surface area (Å²) < 4.78 is 10.8. The largest absolute Gasteiger partial charge is 0.495 e. The number of hydrazine groups is 1. The van der Waals surface area contributed by atoms with Crippen molar-refractivity contribution in [1.82, 2.24) is 25.5 Å². The van der Waals surface area contributed by atoms with E-state index < -0.39 is 5.91 Å². The van der Waals surface area contributed by atoms with Gasteiger partial charge in [-0.15, -0.1) is 10.2 Å². The zero-order chi connectivity index (χ0) is 23.2. The number of para-hydroxylation sites is 1. The maximum atomic E-state index is 13.0. The Hall–Kier alpha value is -3.76. The van der Waals surface area contributed by atoms with Crippen LogP contribution in [0.4, 0.5) is 17.2 Å². The Morgan fingerprint density at radius 2 is 2.00 bits per heavy atom. The van der Waals surface area contributed by atoms with Crippen molar-refractivity contribution in [3.05, 3.63) is 65.1 Å². The molecule has 0 bridgehead atoms. The molecule has 3 N–H and O–H groups in total. The molecule has 0 saturated heterocycles. The van der Waals surface area contributed by atoms with E-state index in [9.17, 15) is 4.79 Å². The molecule has 0 aliphatic carbocycles. The van der Waals surface area contributed by atoms with E-state index in [0.717, 1.165) is 30.8 Å². The molecular formula is C23H27N7O3. The highest BCUT2D eigenvalue weighted by Crippen LogP contribution is 2.31. The van der Waals surface area contributed by atoms with Crippen molar-refractivity contribution in [2.45, 2.75) is 19.6 Å². The maximum absolute atomic E-state index is 13.0. The zero-order valence-electron chi connectivity index (χ0n) is 18.9. The minimum atomic E-state index is -0.487. The van der Waals surface area contributed by atoms with Crippen LogP contribution in [0, 0.1) is 0 Å². The Morgan fingerprint density at radius 3 is 2.82 bits per heavy atom. The third-order valence-electron chi connectivity index (χ3n) is 5.44. The van der Waals surface area contributed by atoms with E-state index in [4.69, 9.17) is 9.47 Å². The van der Waals surface area contributed by atoms with E-state index in [-0.39, 0.29) is 11.5 Å². The number of hydrogen-bond donors (Lipinski definition) is 3. The minimum absolute atomic E-state index is 0.0499. The van der Waals surface area contributed by atoms with Crippen molar-refractivity contribution < 1.29 is 14.3 Å². The van der Waals surface area contributed by atoms with E-state index in [1.54, 1.807) is 14.2 Å². The van der Waals surface area contributed by atoms with Crippen molar-refractivity contribution in [1.29, 1.82) is 0 Å². The summed E-state index contributed by atoms with van der Waals surface area (Å²) in [6, 6.07) is 11.6. The monoisotopic (exact) mass is 449 g/mol. The van der Waals surface area contributed by atoms with Crippen LogP contribution in [0.25, 0.3) is 0 Å². The van der Waals surface area contributed by atoms with Crippen LogP contribution in [-0.4, -0.2) is 53.8 Å². The second-order valence-electron chi connectivity index (χ2n) is 7.76. The molecule has 2 heterocycles. The predicted octanol–water partition coefficient (Wildman–Crippen LogP) is 2.52. The Kier molecular flexibility index (Phi) is 6.96. The van der Waals surface area contributed by atoms with E-state index in [1.165, 1.54) is 17.5 Å². The summed E-state index contributed by atoms with van der Waals surface area (Å²) in [5.41, 5.74) is 10.5. The first kappa shape index (κ1) is 22.4. The molecule has 0 unspecified atom stereocenters. The van der Waals surface area contributed by atoms with Crippen LogP contribution < -0.4 is 20.9 Å². The zero-order valence-corrected chi connectivity index (χ0v) is 18.9. The molecule has 0 radical (unpaired) electrons. The van der Waals surface area contributed by atoms with Gasteiger partial charge in [-0.25, -0.2) is 4.98 Å². The van der Waals surface area contributed by atoms with Crippen LogP contribution in [0.3, 0.4) is 0 Å². The SMILES string of the molecule is COCc1ccccc1Nc1ncnnc1C(=O)NNc1cc2c(cc1OC)CCN(C)C2. The molecule has 10 heteroatoms. The van der Waals surface area contributed by atoms with Gasteiger partial charge in [-0.1, -0.05) is 18.2 Å². The van der Waals surface area contributed by atoms with Gasteiger partial charge < -0.3 is 19.7 Å². The average Bonchev–Trinajstić information content (AvgIpc) is 2.83. The number of benzene rings is 2. The van der Waals surface area contributed by atoms with Crippen molar-refractivity contribution in [3.63, 3.8) is 0 Å². The molecule has 1 amide bonds. The lowest BCUT2D eigenvalue weighted by molar-refractivity contribution is 0.0957. The van der Waals surface area contributed by atoms with E-state index in [0.29, 0.717) is 18.0 Å². The molecule has 10 nitrogen and oxygen atoms in total. The fourth-order valence-corrected chi connectivity index (χ4v) is 3.75. The van der Waals surface area contributed by atoms with Gasteiger partial charge in [0.2, 0.25) is 0 Å². The van der Waals surface area contributed by atoms with Gasteiger partial charge in [-0.3, -0.25) is 15.6 Å². The third kappa shape index (κ3) is 5.18. The average molecular weight is 450 g/mol. The number of nitrogens with one attached hydrogen (secondary N) is 3. The molecule has 1 aliphatic heterocycles. The lowest BCUT2D eigenvalue weighted by Gasteiger charge is -2.26. The summed E-state index contributed by atoms with van der Waals surface area (Å²) >= 11 is 0. The molecule has 0 atom stereocenters. The second-order valence-corrected chi connectivity index (χ2v) is 7.76. The fourth-order valence-electron chi connectivity index (χ4n) is 3.75. The van der Waals surface area contributed by atoms with Gasteiger partial charge in [-0.2, -0.15) is 0 Å². The highest BCUT2D eigenvalue weighted by molar-refractivity contribution is 5.98. The Balaban J connectivity index is 1.52. The van der Waals surface area contributed by atoms with Crippen molar-refractivity contribution >= 4 is 23.1 Å². The number of anilines is 3. The van der Waals surface area contributed by atoms with Crippen LogP contribution in [0.1, 0.15) is 27.2 Å². The molecule has 172 valence electrons. The summed E-state index contributed by atoms with van der Waals surface area (Å²) in [6.07, 6.45) is 2.24. The summed E-state index contributed by atoms with van der Waals surface area (Å²) in [7, 11) is 5.32. The van der Waals surface area contributed by atoms with Crippen LogP contribution in [0.15, 0.2) is 42.7 Å². The van der Waals surface area contributed by atoms with Crippen LogP contribution in [-0.2, 0) is 24.3 Å². The van der Waals surface area contributed by atoms with Crippen molar-refractivity contribution in [3.8, 4) is 5.75 Å². The second kappa shape index (κ2) is 10.2. The predicted molar refractivity (Wildman–Crippen MR) is 124 cm³/mol. The van der Waals surface area contributed by atoms with E-state index in [2.05, 4.69) is 43.3 Å². The van der Waals surface area contributed by atoms with Gasteiger partial charge in [0.1, 0.15) is 12.1 Å². The lowest BCUT2D eigenvalue weighted by Crippen LogP contribution is -2.32.